The number of hydrogen-bond donors (Lipinski definition) is 2. The zero-order chi connectivity index (χ0) is 22.0. The minimum absolute atomic E-state index is 0.168. The first-order valence-electron chi connectivity index (χ1n) is 11.0. The molecule has 1 aliphatic carbocycles. The predicted octanol–water partition coefficient (Wildman–Crippen LogP) is 3.67. The summed E-state index contributed by atoms with van der Waals surface area (Å²) in [6.07, 6.45) is 3.02. The third kappa shape index (κ3) is 4.07. The van der Waals surface area contributed by atoms with Gasteiger partial charge in [0.1, 0.15) is 12.1 Å². The van der Waals surface area contributed by atoms with Gasteiger partial charge in [-0.05, 0) is 48.3 Å². The molecule has 1 aliphatic heterocycles. The maximum absolute atomic E-state index is 13.4. The average molecular weight is 420 g/mol. The Morgan fingerprint density at radius 1 is 1.10 bits per heavy atom. The van der Waals surface area contributed by atoms with E-state index in [2.05, 4.69) is 24.5 Å². The minimum Gasteiger partial charge on any atom is -0.348 e. The van der Waals surface area contributed by atoms with Crippen molar-refractivity contribution < 1.29 is 14.4 Å². The van der Waals surface area contributed by atoms with Crippen LogP contribution < -0.4 is 10.6 Å². The van der Waals surface area contributed by atoms with Crippen molar-refractivity contribution in [1.82, 2.24) is 15.5 Å². The monoisotopic (exact) mass is 419 g/mol. The molecule has 2 aliphatic rings. The van der Waals surface area contributed by atoms with Gasteiger partial charge < -0.3 is 10.6 Å². The number of imide groups is 1. The van der Waals surface area contributed by atoms with Crippen molar-refractivity contribution in [2.45, 2.75) is 51.1 Å². The fourth-order valence-corrected chi connectivity index (χ4v) is 4.77. The standard InChI is InChI=1S/C25H29N3O3/c1-17(2)15-21(19-10-4-3-5-11-19)26-22(29)16-28-23(30)25(27-24(28)31)14-8-12-18-9-6-7-13-20(18)25/h3-7,9-11,13,17,21H,8,12,14-16H2,1-2H3,(H,26,29)(H,27,31)/t21-,25+/m1/s1. The first kappa shape index (κ1) is 21.1. The third-order valence-corrected chi connectivity index (χ3v) is 6.20. The van der Waals surface area contributed by atoms with E-state index in [-0.39, 0.29) is 24.4 Å². The highest BCUT2D eigenvalue weighted by Crippen LogP contribution is 2.39. The average Bonchev–Trinajstić information content (AvgIpc) is 2.98. The number of rotatable bonds is 6. The maximum Gasteiger partial charge on any atom is 0.325 e. The van der Waals surface area contributed by atoms with E-state index in [0.29, 0.717) is 12.3 Å². The van der Waals surface area contributed by atoms with Gasteiger partial charge in [-0.1, -0.05) is 68.4 Å². The van der Waals surface area contributed by atoms with E-state index >= 15 is 0 Å². The summed E-state index contributed by atoms with van der Waals surface area (Å²) in [5.41, 5.74) is 1.89. The lowest BCUT2D eigenvalue weighted by Crippen LogP contribution is -2.47. The Labute approximate surface area is 183 Å². The van der Waals surface area contributed by atoms with Crippen molar-refractivity contribution in [2.75, 3.05) is 6.54 Å². The molecular weight excluding hydrogens is 390 g/mol. The molecule has 2 aromatic carbocycles. The van der Waals surface area contributed by atoms with Crippen LogP contribution in [0.4, 0.5) is 4.79 Å². The molecule has 0 radical (unpaired) electrons. The number of benzene rings is 2. The Kier molecular flexibility index (Phi) is 5.81. The van der Waals surface area contributed by atoms with Crippen molar-refractivity contribution in [3.63, 3.8) is 0 Å². The molecule has 0 unspecified atom stereocenters. The number of nitrogens with zero attached hydrogens (tertiary/aromatic N) is 1. The molecule has 4 rings (SSSR count). The van der Waals surface area contributed by atoms with Crippen LogP contribution in [0.3, 0.4) is 0 Å². The molecule has 162 valence electrons. The lowest BCUT2D eigenvalue weighted by atomic mass is 9.76. The van der Waals surface area contributed by atoms with Crippen LogP contribution in [-0.4, -0.2) is 29.3 Å². The predicted molar refractivity (Wildman–Crippen MR) is 118 cm³/mol. The largest absolute Gasteiger partial charge is 0.348 e. The highest BCUT2D eigenvalue weighted by Gasteiger charge is 2.54. The normalized spacial score (nSPS) is 21.2. The van der Waals surface area contributed by atoms with Gasteiger partial charge in [0.2, 0.25) is 5.91 Å². The Bertz CT molecular complexity index is 989. The summed E-state index contributed by atoms with van der Waals surface area (Å²) in [4.78, 5) is 40.1. The van der Waals surface area contributed by atoms with Crippen molar-refractivity contribution in [1.29, 1.82) is 0 Å². The smallest absolute Gasteiger partial charge is 0.325 e. The van der Waals surface area contributed by atoms with Gasteiger partial charge in [0, 0.05) is 0 Å². The van der Waals surface area contributed by atoms with Crippen LogP contribution in [-0.2, 0) is 21.5 Å². The summed E-state index contributed by atoms with van der Waals surface area (Å²) in [5.74, 6) is -0.289. The summed E-state index contributed by atoms with van der Waals surface area (Å²) in [6, 6.07) is 16.9. The van der Waals surface area contributed by atoms with E-state index in [1.807, 2.05) is 54.6 Å². The van der Waals surface area contributed by atoms with Crippen molar-refractivity contribution in [2.24, 2.45) is 5.92 Å². The molecular formula is C25H29N3O3. The second-order valence-electron chi connectivity index (χ2n) is 8.90. The summed E-state index contributed by atoms with van der Waals surface area (Å²) in [5, 5.41) is 5.94. The molecule has 31 heavy (non-hydrogen) atoms. The van der Waals surface area contributed by atoms with Gasteiger partial charge in [-0.2, -0.15) is 0 Å². The Balaban J connectivity index is 1.51. The summed E-state index contributed by atoms with van der Waals surface area (Å²) in [7, 11) is 0. The number of fused-ring (bicyclic) bond motifs is 2. The van der Waals surface area contributed by atoms with Gasteiger partial charge in [0.15, 0.2) is 0 Å². The summed E-state index contributed by atoms with van der Waals surface area (Å²) in [6.45, 7) is 3.92. The van der Waals surface area contributed by atoms with Gasteiger partial charge in [-0.25, -0.2) is 4.79 Å². The number of carbonyl (C=O) groups is 3. The van der Waals surface area contributed by atoms with E-state index in [0.717, 1.165) is 40.9 Å². The summed E-state index contributed by atoms with van der Waals surface area (Å²) < 4.78 is 0. The number of aryl methyl sites for hydroxylation is 1. The van der Waals surface area contributed by atoms with Gasteiger partial charge in [0.05, 0.1) is 6.04 Å². The lowest BCUT2D eigenvalue weighted by Gasteiger charge is -2.33. The number of carbonyl (C=O) groups excluding carboxylic acids is 3. The Hall–Kier alpha value is -3.15. The van der Waals surface area contributed by atoms with Crippen LogP contribution >= 0.6 is 0 Å². The number of nitrogens with one attached hydrogen (secondary N) is 2. The first-order chi connectivity index (χ1) is 14.9. The molecule has 0 aromatic heterocycles. The molecule has 2 N–H and O–H groups in total. The molecule has 6 nitrogen and oxygen atoms in total. The van der Waals surface area contributed by atoms with E-state index < -0.39 is 11.6 Å². The molecule has 1 fully saturated rings. The van der Waals surface area contributed by atoms with Crippen molar-refractivity contribution in [3.8, 4) is 0 Å². The molecule has 0 saturated carbocycles. The van der Waals surface area contributed by atoms with Crippen molar-refractivity contribution in [3.05, 3.63) is 71.3 Å². The zero-order valence-electron chi connectivity index (χ0n) is 18.1. The van der Waals surface area contributed by atoms with Crippen LogP contribution in [0.15, 0.2) is 54.6 Å². The molecule has 2 aromatic rings. The molecule has 0 bridgehead atoms. The first-order valence-corrected chi connectivity index (χ1v) is 11.0. The second-order valence-corrected chi connectivity index (χ2v) is 8.90. The Morgan fingerprint density at radius 2 is 1.81 bits per heavy atom. The van der Waals surface area contributed by atoms with Crippen LogP contribution in [0.25, 0.3) is 0 Å². The number of amides is 4. The topological polar surface area (TPSA) is 78.5 Å². The van der Waals surface area contributed by atoms with Gasteiger partial charge >= 0.3 is 6.03 Å². The van der Waals surface area contributed by atoms with Crippen LogP contribution in [0.1, 0.15) is 55.8 Å². The number of urea groups is 1. The van der Waals surface area contributed by atoms with E-state index in [1.165, 1.54) is 0 Å². The molecule has 1 spiro atoms. The third-order valence-electron chi connectivity index (χ3n) is 6.20. The van der Waals surface area contributed by atoms with E-state index in [1.54, 1.807) is 0 Å². The zero-order valence-corrected chi connectivity index (χ0v) is 18.1. The van der Waals surface area contributed by atoms with Gasteiger partial charge in [-0.3, -0.25) is 14.5 Å². The summed E-state index contributed by atoms with van der Waals surface area (Å²) >= 11 is 0. The highest BCUT2D eigenvalue weighted by atomic mass is 16.2. The fraction of sp³-hybridized carbons (Fsp3) is 0.400. The Morgan fingerprint density at radius 3 is 2.55 bits per heavy atom. The van der Waals surface area contributed by atoms with Gasteiger partial charge in [0.25, 0.3) is 5.91 Å². The number of hydrogen-bond acceptors (Lipinski definition) is 3. The van der Waals surface area contributed by atoms with Crippen LogP contribution in [0.5, 0.6) is 0 Å². The molecule has 4 amide bonds. The molecule has 2 atom stereocenters. The van der Waals surface area contributed by atoms with E-state index in [4.69, 9.17) is 0 Å². The molecule has 1 heterocycles. The fourth-order valence-electron chi connectivity index (χ4n) is 4.77. The second kappa shape index (κ2) is 8.53. The minimum atomic E-state index is -1.05. The van der Waals surface area contributed by atoms with Crippen molar-refractivity contribution >= 4 is 17.8 Å². The van der Waals surface area contributed by atoms with Crippen LogP contribution in [0.2, 0.25) is 0 Å². The SMILES string of the molecule is CC(C)C[C@@H](NC(=O)CN1C(=O)N[C@]2(CCCc3ccccc32)C1=O)c1ccccc1. The lowest BCUT2D eigenvalue weighted by molar-refractivity contribution is -0.135. The van der Waals surface area contributed by atoms with Gasteiger partial charge in [-0.15, -0.1) is 0 Å². The molecule has 6 heteroatoms. The highest BCUT2D eigenvalue weighted by molar-refractivity contribution is 6.09. The quantitative estimate of drug-likeness (QED) is 0.701. The molecule has 1 saturated heterocycles. The van der Waals surface area contributed by atoms with E-state index in [9.17, 15) is 14.4 Å². The van der Waals surface area contributed by atoms with Crippen LogP contribution in [0, 0.1) is 5.92 Å². The maximum atomic E-state index is 13.4.